The highest BCUT2D eigenvalue weighted by molar-refractivity contribution is 5.73. The lowest BCUT2D eigenvalue weighted by Gasteiger charge is -2.12. The lowest BCUT2D eigenvalue weighted by atomic mass is 10.1. The van der Waals surface area contributed by atoms with E-state index in [0.29, 0.717) is 5.56 Å². The number of benzene rings is 1. The first-order valence-electron chi connectivity index (χ1n) is 4.40. The van der Waals surface area contributed by atoms with Crippen molar-refractivity contribution in [1.82, 2.24) is 5.32 Å². The molecule has 0 fully saturated rings. The lowest BCUT2D eigenvalue weighted by Crippen LogP contribution is -2.23. The van der Waals surface area contributed by atoms with Crippen molar-refractivity contribution in [2.75, 3.05) is 0 Å². The van der Waals surface area contributed by atoms with Gasteiger partial charge in [-0.2, -0.15) is 5.26 Å². The maximum Gasteiger partial charge on any atom is 0.217 e. The minimum absolute atomic E-state index is 0.0137. The summed E-state index contributed by atoms with van der Waals surface area (Å²) < 4.78 is 0. The van der Waals surface area contributed by atoms with Crippen molar-refractivity contribution < 1.29 is 4.79 Å². The van der Waals surface area contributed by atoms with E-state index < -0.39 is 0 Å². The molecule has 0 spiro atoms. The number of rotatable bonds is 2. The van der Waals surface area contributed by atoms with Crippen molar-refractivity contribution in [3.63, 3.8) is 0 Å². The maximum atomic E-state index is 10.8. The molecular weight excluding hydrogens is 176 g/mol. The van der Waals surface area contributed by atoms with E-state index in [4.69, 9.17) is 5.26 Å². The number of hydrogen-bond donors (Lipinski definition) is 1. The Kier molecular flexibility index (Phi) is 3.24. The second-order valence-electron chi connectivity index (χ2n) is 3.16. The number of carbonyl (C=O) groups is 1. The minimum Gasteiger partial charge on any atom is -0.350 e. The van der Waals surface area contributed by atoms with Crippen LogP contribution in [0, 0.1) is 11.3 Å². The van der Waals surface area contributed by atoms with Gasteiger partial charge in [0.15, 0.2) is 0 Å². The summed E-state index contributed by atoms with van der Waals surface area (Å²) in [7, 11) is 0. The second-order valence-corrected chi connectivity index (χ2v) is 3.16. The van der Waals surface area contributed by atoms with E-state index in [0.717, 1.165) is 5.56 Å². The van der Waals surface area contributed by atoms with E-state index in [2.05, 4.69) is 5.32 Å². The minimum atomic E-state index is -0.0538. The standard InChI is InChI=1S/C11H12N2O/c1-8(13-9(2)14)11-5-3-10(7-12)4-6-11/h3-6,8H,1-2H3,(H,13,14)/t8-/m0/s1. The fraction of sp³-hybridized carbons (Fsp3) is 0.273. The summed E-state index contributed by atoms with van der Waals surface area (Å²) in [4.78, 5) is 10.8. The third-order valence-electron chi connectivity index (χ3n) is 1.96. The molecule has 1 rings (SSSR count). The average Bonchev–Trinajstić information content (AvgIpc) is 2.17. The zero-order chi connectivity index (χ0) is 10.6. The molecule has 1 aromatic rings. The summed E-state index contributed by atoms with van der Waals surface area (Å²) in [6.07, 6.45) is 0. The zero-order valence-electron chi connectivity index (χ0n) is 8.24. The molecule has 0 aliphatic rings. The van der Waals surface area contributed by atoms with Crippen LogP contribution >= 0.6 is 0 Å². The number of nitrogens with one attached hydrogen (secondary N) is 1. The van der Waals surface area contributed by atoms with Gasteiger partial charge in [-0.15, -0.1) is 0 Å². The molecule has 1 atom stereocenters. The van der Waals surface area contributed by atoms with Crippen molar-refractivity contribution in [1.29, 1.82) is 5.26 Å². The van der Waals surface area contributed by atoms with E-state index in [1.165, 1.54) is 6.92 Å². The van der Waals surface area contributed by atoms with Gasteiger partial charge in [0.25, 0.3) is 0 Å². The molecule has 3 nitrogen and oxygen atoms in total. The first-order chi connectivity index (χ1) is 6.63. The zero-order valence-corrected chi connectivity index (χ0v) is 8.24. The smallest absolute Gasteiger partial charge is 0.217 e. The van der Waals surface area contributed by atoms with Crippen LogP contribution in [0.5, 0.6) is 0 Å². The van der Waals surface area contributed by atoms with Crippen LogP contribution in [-0.4, -0.2) is 5.91 Å². The predicted octanol–water partition coefficient (Wildman–Crippen LogP) is 1.76. The molecule has 72 valence electrons. The largest absolute Gasteiger partial charge is 0.350 e. The summed E-state index contributed by atoms with van der Waals surface area (Å²) in [6.45, 7) is 3.39. The van der Waals surface area contributed by atoms with Gasteiger partial charge in [0.05, 0.1) is 17.7 Å². The number of hydrogen-bond acceptors (Lipinski definition) is 2. The summed E-state index contributed by atoms with van der Waals surface area (Å²) in [6, 6.07) is 9.21. The van der Waals surface area contributed by atoms with Gasteiger partial charge in [-0.25, -0.2) is 0 Å². The third-order valence-corrected chi connectivity index (χ3v) is 1.96. The molecule has 1 aromatic carbocycles. The molecule has 0 bridgehead atoms. The monoisotopic (exact) mass is 188 g/mol. The number of nitrogens with zero attached hydrogens (tertiary/aromatic N) is 1. The Hall–Kier alpha value is -1.82. The molecule has 0 aliphatic carbocycles. The van der Waals surface area contributed by atoms with Gasteiger partial charge in [0.1, 0.15) is 0 Å². The highest BCUT2D eigenvalue weighted by atomic mass is 16.1. The number of amides is 1. The number of nitriles is 1. The Bertz CT molecular complexity index is 362. The summed E-state index contributed by atoms with van der Waals surface area (Å²) >= 11 is 0. The summed E-state index contributed by atoms with van der Waals surface area (Å²) in [5.74, 6) is -0.0538. The van der Waals surface area contributed by atoms with E-state index in [1.807, 2.05) is 25.1 Å². The van der Waals surface area contributed by atoms with Crippen LogP contribution in [0.2, 0.25) is 0 Å². The molecule has 1 amide bonds. The van der Waals surface area contributed by atoms with Crippen LogP contribution in [0.15, 0.2) is 24.3 Å². The normalized spacial score (nSPS) is 11.5. The van der Waals surface area contributed by atoms with Gasteiger partial charge in [-0.1, -0.05) is 12.1 Å². The van der Waals surface area contributed by atoms with Crippen molar-refractivity contribution in [2.45, 2.75) is 19.9 Å². The molecule has 0 saturated heterocycles. The van der Waals surface area contributed by atoms with Crippen LogP contribution in [0.1, 0.15) is 31.0 Å². The van der Waals surface area contributed by atoms with E-state index >= 15 is 0 Å². The fourth-order valence-corrected chi connectivity index (χ4v) is 1.23. The maximum absolute atomic E-state index is 10.8. The first-order valence-corrected chi connectivity index (χ1v) is 4.40. The Balaban J connectivity index is 2.77. The van der Waals surface area contributed by atoms with Crippen molar-refractivity contribution in [2.24, 2.45) is 0 Å². The molecule has 0 heterocycles. The fourth-order valence-electron chi connectivity index (χ4n) is 1.23. The van der Waals surface area contributed by atoms with Gasteiger partial charge < -0.3 is 5.32 Å². The molecule has 0 saturated carbocycles. The molecule has 14 heavy (non-hydrogen) atoms. The van der Waals surface area contributed by atoms with E-state index in [-0.39, 0.29) is 11.9 Å². The summed E-state index contributed by atoms with van der Waals surface area (Å²) in [5.41, 5.74) is 1.63. The molecule has 3 heteroatoms. The van der Waals surface area contributed by atoms with E-state index in [9.17, 15) is 4.79 Å². The first kappa shape index (κ1) is 10.3. The Morgan fingerprint density at radius 2 is 2.00 bits per heavy atom. The van der Waals surface area contributed by atoms with Gasteiger partial charge >= 0.3 is 0 Å². The molecule has 0 radical (unpaired) electrons. The molecular formula is C11H12N2O. The van der Waals surface area contributed by atoms with Crippen molar-refractivity contribution >= 4 is 5.91 Å². The molecule has 0 unspecified atom stereocenters. The summed E-state index contributed by atoms with van der Waals surface area (Å²) in [5, 5.41) is 11.4. The van der Waals surface area contributed by atoms with Gasteiger partial charge in [-0.05, 0) is 24.6 Å². The van der Waals surface area contributed by atoms with Crippen molar-refractivity contribution in [3.05, 3.63) is 35.4 Å². The van der Waals surface area contributed by atoms with Crippen LogP contribution < -0.4 is 5.32 Å². The van der Waals surface area contributed by atoms with E-state index in [1.54, 1.807) is 12.1 Å². The second kappa shape index (κ2) is 4.43. The Morgan fingerprint density at radius 1 is 1.43 bits per heavy atom. The third kappa shape index (κ3) is 2.60. The van der Waals surface area contributed by atoms with Crippen molar-refractivity contribution in [3.8, 4) is 6.07 Å². The highest BCUT2D eigenvalue weighted by Gasteiger charge is 2.05. The predicted molar refractivity (Wildman–Crippen MR) is 53.4 cm³/mol. The van der Waals surface area contributed by atoms with Gasteiger partial charge in [0, 0.05) is 6.92 Å². The Labute approximate surface area is 83.4 Å². The molecule has 0 aromatic heterocycles. The van der Waals surface area contributed by atoms with Gasteiger partial charge in [-0.3, -0.25) is 4.79 Å². The van der Waals surface area contributed by atoms with Crippen LogP contribution in [-0.2, 0) is 4.79 Å². The van der Waals surface area contributed by atoms with Crippen LogP contribution in [0.4, 0.5) is 0 Å². The van der Waals surface area contributed by atoms with Crippen LogP contribution in [0.3, 0.4) is 0 Å². The molecule has 0 aliphatic heterocycles. The lowest BCUT2D eigenvalue weighted by molar-refractivity contribution is -0.119. The SMILES string of the molecule is CC(=O)N[C@@H](C)c1ccc(C#N)cc1. The molecule has 1 N–H and O–H groups in total. The number of carbonyl (C=O) groups excluding carboxylic acids is 1. The highest BCUT2D eigenvalue weighted by Crippen LogP contribution is 2.12. The topological polar surface area (TPSA) is 52.9 Å². The average molecular weight is 188 g/mol. The quantitative estimate of drug-likeness (QED) is 0.768. The van der Waals surface area contributed by atoms with Gasteiger partial charge in [0.2, 0.25) is 5.91 Å². The Morgan fingerprint density at radius 3 is 2.43 bits per heavy atom. The van der Waals surface area contributed by atoms with Crippen LogP contribution in [0.25, 0.3) is 0 Å².